The van der Waals surface area contributed by atoms with Crippen LogP contribution in [-0.4, -0.2) is 17.8 Å². The lowest BCUT2D eigenvalue weighted by Crippen LogP contribution is -2.06. The van der Waals surface area contributed by atoms with E-state index < -0.39 is 0 Å². The van der Waals surface area contributed by atoms with Crippen molar-refractivity contribution in [2.75, 3.05) is 18.1 Å². The summed E-state index contributed by atoms with van der Waals surface area (Å²) in [6.07, 6.45) is 7.09. The molecule has 0 unspecified atom stereocenters. The number of halogens is 1. The van der Waals surface area contributed by atoms with Gasteiger partial charge < -0.3 is 9.73 Å². The molecule has 0 aliphatic carbocycles. The van der Waals surface area contributed by atoms with Crippen LogP contribution in [0.25, 0.3) is 45.1 Å². The quantitative estimate of drug-likeness (QED) is 0.174. The second-order valence-corrected chi connectivity index (χ2v) is 9.83. The number of fused-ring (bicyclic) bond motifs is 4. The Morgan fingerprint density at radius 2 is 1.62 bits per heavy atom. The predicted octanol–water partition coefficient (Wildman–Crippen LogP) is 8.82. The average Bonchev–Trinajstić information content (AvgIpc) is 3.31. The number of aromatic nitrogens is 1. The monoisotopic (exact) mass is 504 g/mol. The van der Waals surface area contributed by atoms with Gasteiger partial charge in [-0.2, -0.15) is 0 Å². The highest BCUT2D eigenvalue weighted by Crippen LogP contribution is 2.37. The van der Waals surface area contributed by atoms with Crippen LogP contribution >= 0.6 is 11.8 Å². The minimum Gasteiger partial charge on any atom is -0.452 e. The number of furan rings is 1. The number of benzene rings is 4. The molecule has 1 N–H and O–H groups in total. The van der Waals surface area contributed by atoms with E-state index in [0.29, 0.717) is 6.54 Å². The van der Waals surface area contributed by atoms with Gasteiger partial charge in [-0.05, 0) is 77.9 Å². The van der Waals surface area contributed by atoms with E-state index in [1.807, 2.05) is 36.4 Å². The van der Waals surface area contributed by atoms with Gasteiger partial charge in [-0.25, -0.2) is 9.37 Å². The second kappa shape index (κ2) is 10.1. The minimum atomic E-state index is -0.221. The summed E-state index contributed by atoms with van der Waals surface area (Å²) in [5.41, 5.74) is 7.57. The first-order valence-corrected chi connectivity index (χ1v) is 13.5. The van der Waals surface area contributed by atoms with E-state index in [-0.39, 0.29) is 5.82 Å². The zero-order chi connectivity index (χ0) is 25.2. The Morgan fingerprint density at radius 3 is 2.43 bits per heavy atom. The van der Waals surface area contributed by atoms with Crippen LogP contribution in [0, 0.1) is 5.82 Å². The average molecular weight is 505 g/mol. The molecule has 0 aliphatic rings. The molecule has 5 heteroatoms. The molecule has 182 valence electrons. The molecular weight excluding hydrogens is 479 g/mol. The first-order valence-electron chi connectivity index (χ1n) is 12.2. The van der Waals surface area contributed by atoms with Crippen molar-refractivity contribution in [1.29, 1.82) is 0 Å². The summed E-state index contributed by atoms with van der Waals surface area (Å²) in [6, 6.07) is 29.5. The van der Waals surface area contributed by atoms with Gasteiger partial charge in [-0.1, -0.05) is 54.6 Å². The number of para-hydroxylation sites is 1. The van der Waals surface area contributed by atoms with Crippen molar-refractivity contribution in [2.45, 2.75) is 11.3 Å². The van der Waals surface area contributed by atoms with Crippen LogP contribution in [0.1, 0.15) is 16.7 Å². The Morgan fingerprint density at radius 1 is 0.865 bits per heavy atom. The molecular formula is C32H25FN2OS. The van der Waals surface area contributed by atoms with Crippen molar-refractivity contribution in [1.82, 2.24) is 4.98 Å². The lowest BCUT2D eigenvalue weighted by molar-refractivity contribution is 0.627. The van der Waals surface area contributed by atoms with Crippen LogP contribution in [0.3, 0.4) is 0 Å². The Labute approximate surface area is 219 Å². The number of hydrogen-bond donors (Lipinski definition) is 1. The number of anilines is 1. The number of thioether (sulfide) groups is 1. The maximum atomic E-state index is 13.3. The van der Waals surface area contributed by atoms with Crippen molar-refractivity contribution in [3.63, 3.8) is 0 Å². The molecule has 0 saturated carbocycles. The Bertz CT molecular complexity index is 1740. The largest absolute Gasteiger partial charge is 0.452 e. The summed E-state index contributed by atoms with van der Waals surface area (Å²) < 4.78 is 19.6. The fraction of sp³-hybridized carbons (Fsp3) is 0.0938. The maximum absolute atomic E-state index is 13.3. The topological polar surface area (TPSA) is 38.1 Å². The Balaban J connectivity index is 1.39. The SMILES string of the molecule is CSc1ccc(/C=C/c2ccc3nc4c(oc5ccccc54)c(NCCc4ccc(F)cc4)c3c2)cc1. The molecule has 3 nitrogen and oxygen atoms in total. The standard InChI is InChI=1S/C32H25FN2OS/c1-37-25-15-10-21(11-16-25)6-7-23-12-17-28-27(20-23)30(34-19-18-22-8-13-24(33)14-9-22)32-31(35-28)26-4-2-3-5-29(26)36-32/h2-17,20H,18-19H2,1H3,(H,34,35)/b7-6+. The fourth-order valence-corrected chi connectivity index (χ4v) is 4.98. The summed E-state index contributed by atoms with van der Waals surface area (Å²) in [5, 5.41) is 5.62. The van der Waals surface area contributed by atoms with Crippen molar-refractivity contribution < 1.29 is 8.81 Å². The van der Waals surface area contributed by atoms with Gasteiger partial charge in [0.05, 0.1) is 11.2 Å². The predicted molar refractivity (Wildman–Crippen MR) is 155 cm³/mol. The number of rotatable bonds is 7. The Hall–Kier alpha value is -4.09. The number of hydrogen-bond acceptors (Lipinski definition) is 4. The van der Waals surface area contributed by atoms with Gasteiger partial charge in [0.25, 0.3) is 0 Å². The molecule has 0 amide bonds. The minimum absolute atomic E-state index is 0.221. The zero-order valence-corrected chi connectivity index (χ0v) is 21.2. The van der Waals surface area contributed by atoms with Crippen molar-refractivity contribution in [3.05, 3.63) is 114 Å². The first-order chi connectivity index (χ1) is 18.2. The van der Waals surface area contributed by atoms with Crippen LogP contribution in [0.15, 0.2) is 100 Å². The van der Waals surface area contributed by atoms with Crippen LogP contribution in [0.4, 0.5) is 10.1 Å². The van der Waals surface area contributed by atoms with Crippen LogP contribution in [-0.2, 0) is 6.42 Å². The molecule has 0 spiro atoms. The number of nitrogens with zero attached hydrogens (tertiary/aromatic N) is 1. The zero-order valence-electron chi connectivity index (χ0n) is 20.4. The molecule has 4 aromatic carbocycles. The molecule has 0 atom stereocenters. The van der Waals surface area contributed by atoms with E-state index in [1.54, 1.807) is 11.8 Å². The molecule has 6 rings (SSSR count). The first kappa shape index (κ1) is 23.3. The maximum Gasteiger partial charge on any atom is 0.177 e. The summed E-state index contributed by atoms with van der Waals surface area (Å²) in [4.78, 5) is 6.23. The van der Waals surface area contributed by atoms with Gasteiger partial charge in [-0.3, -0.25) is 0 Å². The second-order valence-electron chi connectivity index (χ2n) is 8.95. The summed E-state index contributed by atoms with van der Waals surface area (Å²) >= 11 is 1.74. The lowest BCUT2D eigenvalue weighted by atomic mass is 10.1. The molecule has 2 aromatic heterocycles. The molecule has 0 saturated heterocycles. The Kier molecular flexibility index (Phi) is 6.37. The van der Waals surface area contributed by atoms with Crippen molar-refractivity contribution >= 4 is 62.6 Å². The van der Waals surface area contributed by atoms with Gasteiger partial charge in [0.15, 0.2) is 5.58 Å². The molecule has 2 heterocycles. The summed E-state index contributed by atoms with van der Waals surface area (Å²) in [5.74, 6) is -0.221. The van der Waals surface area contributed by atoms with E-state index in [4.69, 9.17) is 9.40 Å². The van der Waals surface area contributed by atoms with E-state index in [1.165, 1.54) is 17.0 Å². The van der Waals surface area contributed by atoms with Crippen LogP contribution < -0.4 is 5.32 Å². The molecule has 0 bridgehead atoms. The highest BCUT2D eigenvalue weighted by Gasteiger charge is 2.16. The third kappa shape index (κ3) is 4.83. The van der Waals surface area contributed by atoms with E-state index in [0.717, 1.165) is 61.8 Å². The van der Waals surface area contributed by atoms with Gasteiger partial charge >= 0.3 is 0 Å². The molecule has 37 heavy (non-hydrogen) atoms. The van der Waals surface area contributed by atoms with Crippen molar-refractivity contribution in [3.8, 4) is 0 Å². The smallest absolute Gasteiger partial charge is 0.177 e. The third-order valence-corrected chi connectivity index (χ3v) is 7.27. The lowest BCUT2D eigenvalue weighted by Gasteiger charge is -2.11. The number of pyridine rings is 1. The molecule has 0 fully saturated rings. The third-order valence-electron chi connectivity index (χ3n) is 6.53. The van der Waals surface area contributed by atoms with Crippen molar-refractivity contribution in [2.24, 2.45) is 0 Å². The normalized spacial score (nSPS) is 11.7. The fourth-order valence-electron chi connectivity index (χ4n) is 4.58. The van der Waals surface area contributed by atoms with Crippen LogP contribution in [0.2, 0.25) is 0 Å². The number of nitrogens with one attached hydrogen (secondary N) is 1. The molecule has 6 aromatic rings. The van der Waals surface area contributed by atoms with E-state index in [2.05, 4.69) is 66.2 Å². The van der Waals surface area contributed by atoms with E-state index >= 15 is 0 Å². The van der Waals surface area contributed by atoms with Crippen LogP contribution in [0.5, 0.6) is 0 Å². The van der Waals surface area contributed by atoms with Gasteiger partial charge in [-0.15, -0.1) is 11.8 Å². The highest BCUT2D eigenvalue weighted by molar-refractivity contribution is 7.98. The van der Waals surface area contributed by atoms with Gasteiger partial charge in [0.2, 0.25) is 0 Å². The van der Waals surface area contributed by atoms with Gasteiger partial charge in [0.1, 0.15) is 16.9 Å². The molecule has 0 radical (unpaired) electrons. The summed E-state index contributed by atoms with van der Waals surface area (Å²) in [7, 11) is 0. The molecule has 0 aliphatic heterocycles. The van der Waals surface area contributed by atoms with Gasteiger partial charge in [0, 0.05) is 22.2 Å². The summed E-state index contributed by atoms with van der Waals surface area (Å²) in [6.45, 7) is 0.679. The highest BCUT2D eigenvalue weighted by atomic mass is 32.2. The van der Waals surface area contributed by atoms with E-state index in [9.17, 15) is 4.39 Å².